The molecule has 0 N–H and O–H groups in total. The van der Waals surface area contributed by atoms with Crippen molar-refractivity contribution in [3.8, 4) is 0 Å². The molecule has 41 heavy (non-hydrogen) atoms. The second-order valence-corrected chi connectivity index (χ2v) is 11.3. The summed E-state index contributed by atoms with van der Waals surface area (Å²) in [7, 11) is 0. The quantitative estimate of drug-likeness (QED) is 0.263. The second-order valence-electron chi connectivity index (χ2n) is 11.3. The fraction of sp³-hybridized carbons (Fsp3) is 0.176. The molecule has 8 bridgehead atoms. The van der Waals surface area contributed by atoms with Crippen molar-refractivity contribution in [1.29, 1.82) is 0 Å². The van der Waals surface area contributed by atoms with Crippen LogP contribution in [0.15, 0.2) is 119 Å². The second kappa shape index (κ2) is 9.95. The van der Waals surface area contributed by atoms with Crippen molar-refractivity contribution in [3.05, 3.63) is 143 Å². The van der Waals surface area contributed by atoms with Crippen LogP contribution in [0.4, 0.5) is 0 Å². The van der Waals surface area contributed by atoms with Crippen molar-refractivity contribution in [1.82, 2.24) is 19.9 Å². The van der Waals surface area contributed by atoms with Crippen LogP contribution >= 0.6 is 0 Å². The van der Waals surface area contributed by atoms with Crippen molar-refractivity contribution in [2.45, 2.75) is 38.5 Å². The maximum atomic E-state index is 5.14. The molecule has 1 radical (unpaired) electrons. The van der Waals surface area contributed by atoms with Crippen molar-refractivity contribution in [2.75, 3.05) is 0 Å². The Labute approximate surface area is 250 Å². The molecule has 0 aliphatic carbocycles. The first kappa shape index (κ1) is 26.9. The Kier molecular flexibility index (Phi) is 6.52. The van der Waals surface area contributed by atoms with Gasteiger partial charge in [0.1, 0.15) is 0 Å². The van der Waals surface area contributed by atoms with E-state index in [4.69, 9.17) is 29.9 Å². The molecular weight excluding hydrogens is 556 g/mol. The third kappa shape index (κ3) is 4.42. The van der Waals surface area contributed by atoms with Gasteiger partial charge in [-0.25, -0.2) is 0 Å². The number of aliphatic imine (C=N–C) groups is 2. The van der Waals surface area contributed by atoms with Crippen LogP contribution in [0.25, 0.3) is 11.1 Å². The van der Waals surface area contributed by atoms with E-state index in [9.17, 15) is 0 Å². The van der Waals surface area contributed by atoms with E-state index < -0.39 is 10.8 Å². The Morgan fingerprint density at radius 3 is 1.32 bits per heavy atom. The molecule has 3 aliphatic heterocycles. The fourth-order valence-corrected chi connectivity index (χ4v) is 5.42. The largest absolute Gasteiger partial charge is 2.00 e. The number of hydrogen-bond donors (Lipinski definition) is 0. The monoisotopic (exact) mass is 583 g/mol. The summed E-state index contributed by atoms with van der Waals surface area (Å²) >= 11 is 0. The standard InChI is InChI=1S/C34H28N6.Cu/c1-33(2)27-17-15-23(37-27)29(21-11-7-5-8-12-21)26-20-36-32(40-26)34(3,4)28-18-16-24(38-28)30(22-13-9-6-10-14-22)25-19-35-31(33)39-25;/h5-20H,1-4H3;/q-2;+2/b29-23-,30-24-;. The van der Waals surface area contributed by atoms with E-state index in [1.807, 2.05) is 48.8 Å². The predicted octanol–water partition coefficient (Wildman–Crippen LogP) is 6.20. The molecular formula is C34H28CuN6. The van der Waals surface area contributed by atoms with Crippen LogP contribution in [0.2, 0.25) is 0 Å². The maximum absolute atomic E-state index is 5.14. The number of rotatable bonds is 2. The summed E-state index contributed by atoms with van der Waals surface area (Å²) in [5.74, 6) is 1.44. The Morgan fingerprint density at radius 1 is 0.537 bits per heavy atom. The summed E-state index contributed by atoms with van der Waals surface area (Å²) in [6.07, 6.45) is 12.0. The molecule has 205 valence electrons. The Balaban J connectivity index is 0.00000302. The number of aromatic nitrogens is 4. The Morgan fingerprint density at radius 2 is 0.927 bits per heavy atom. The molecule has 0 atom stereocenters. The van der Waals surface area contributed by atoms with E-state index in [0.29, 0.717) is 0 Å². The van der Waals surface area contributed by atoms with Gasteiger partial charge in [-0.2, -0.15) is 0 Å². The van der Waals surface area contributed by atoms with E-state index >= 15 is 0 Å². The summed E-state index contributed by atoms with van der Waals surface area (Å²) in [6.45, 7) is 8.47. The minimum Gasteiger partial charge on any atom is -0.445 e. The Hall–Kier alpha value is -4.32. The molecule has 0 spiro atoms. The van der Waals surface area contributed by atoms with Crippen LogP contribution < -0.4 is 9.97 Å². The normalized spacial score (nSPS) is 21.9. The minimum absolute atomic E-state index is 0. The molecule has 6 nitrogen and oxygen atoms in total. The third-order valence-electron chi connectivity index (χ3n) is 7.90. The van der Waals surface area contributed by atoms with Gasteiger partial charge >= 0.3 is 17.1 Å². The molecule has 0 saturated carbocycles. The predicted molar refractivity (Wildman–Crippen MR) is 159 cm³/mol. The number of benzene rings is 2. The van der Waals surface area contributed by atoms with Gasteiger partial charge in [-0.15, -0.1) is 0 Å². The smallest absolute Gasteiger partial charge is 0.445 e. The molecule has 0 unspecified atom stereocenters. The zero-order valence-corrected chi connectivity index (χ0v) is 24.2. The van der Waals surface area contributed by atoms with Crippen molar-refractivity contribution < 1.29 is 17.1 Å². The molecule has 0 fully saturated rings. The SMILES string of the molecule is CC1(C)C2=N/C(=C(/c3ccccc3)c3cnc([n-]3)C(C)(C)C3=N/C(=C(/c4ccccc4)c4cnc1[n-]4)C=C3)C=C2.[Cu+2]. The van der Waals surface area contributed by atoms with Crippen molar-refractivity contribution in [3.63, 3.8) is 0 Å². The average Bonchev–Trinajstić information content (AvgIpc) is 3.78. The average molecular weight is 584 g/mol. The summed E-state index contributed by atoms with van der Waals surface area (Å²) in [5, 5.41) is 0. The summed E-state index contributed by atoms with van der Waals surface area (Å²) in [5.41, 5.74) is 8.01. The first-order valence-corrected chi connectivity index (χ1v) is 13.5. The summed E-state index contributed by atoms with van der Waals surface area (Å²) in [6, 6.07) is 20.5. The third-order valence-corrected chi connectivity index (χ3v) is 7.90. The van der Waals surface area contributed by atoms with Gasteiger partial charge in [0.25, 0.3) is 0 Å². The molecule has 5 heterocycles. The first-order valence-electron chi connectivity index (χ1n) is 13.5. The maximum Gasteiger partial charge on any atom is 2.00 e. The number of nitrogens with zero attached hydrogens (tertiary/aromatic N) is 6. The number of allylic oxidation sites excluding steroid dienone is 4. The van der Waals surface area contributed by atoms with Gasteiger partial charge in [-0.3, -0.25) is 9.98 Å². The number of fused-ring (bicyclic) bond motifs is 6. The van der Waals surface area contributed by atoms with E-state index in [2.05, 4.69) is 76.3 Å². The summed E-state index contributed by atoms with van der Waals surface area (Å²) < 4.78 is 0. The molecule has 0 amide bonds. The van der Waals surface area contributed by atoms with Gasteiger partial charge in [0.2, 0.25) is 0 Å². The van der Waals surface area contributed by atoms with Gasteiger partial charge < -0.3 is 19.9 Å². The van der Waals surface area contributed by atoms with Crippen molar-refractivity contribution in [2.24, 2.45) is 9.98 Å². The van der Waals surface area contributed by atoms with E-state index in [-0.39, 0.29) is 17.1 Å². The Bertz CT molecular complexity index is 1690. The van der Waals surface area contributed by atoms with Gasteiger partial charge in [0.05, 0.1) is 22.8 Å². The van der Waals surface area contributed by atoms with E-state index in [0.717, 1.165) is 68.1 Å². The molecule has 4 aromatic rings. The number of imidazole rings is 2. The van der Waals surface area contributed by atoms with E-state index in [1.165, 1.54) is 0 Å². The molecule has 2 aromatic carbocycles. The molecule has 7 rings (SSSR count). The van der Waals surface area contributed by atoms with Crippen LogP contribution in [-0.2, 0) is 27.9 Å². The van der Waals surface area contributed by atoms with Crippen LogP contribution in [0.1, 0.15) is 61.9 Å². The number of hydrogen-bond acceptors (Lipinski definition) is 4. The summed E-state index contributed by atoms with van der Waals surface area (Å²) in [4.78, 5) is 30.1. The molecule has 3 aliphatic rings. The topological polar surface area (TPSA) is 78.7 Å². The molecule has 2 aromatic heterocycles. The van der Waals surface area contributed by atoms with Crippen LogP contribution in [0.3, 0.4) is 0 Å². The van der Waals surface area contributed by atoms with Gasteiger partial charge in [0.15, 0.2) is 0 Å². The molecule has 7 heteroatoms. The van der Waals surface area contributed by atoms with Crippen LogP contribution in [-0.4, -0.2) is 21.4 Å². The zero-order chi connectivity index (χ0) is 27.5. The van der Waals surface area contributed by atoms with Gasteiger partial charge in [-0.1, -0.05) is 112 Å². The van der Waals surface area contributed by atoms with Crippen LogP contribution in [0.5, 0.6) is 0 Å². The van der Waals surface area contributed by atoms with Gasteiger partial charge in [-0.05, 0) is 46.8 Å². The minimum atomic E-state index is -0.521. The van der Waals surface area contributed by atoms with Gasteiger partial charge in [0, 0.05) is 22.0 Å². The zero-order valence-electron chi connectivity index (χ0n) is 23.2. The fourth-order valence-electron chi connectivity index (χ4n) is 5.42. The first-order chi connectivity index (χ1) is 19.3. The van der Waals surface area contributed by atoms with Crippen LogP contribution in [0, 0.1) is 0 Å². The van der Waals surface area contributed by atoms with Crippen molar-refractivity contribution >= 4 is 22.6 Å². The van der Waals surface area contributed by atoms with E-state index in [1.54, 1.807) is 0 Å². The molecule has 0 saturated heterocycles.